The summed E-state index contributed by atoms with van der Waals surface area (Å²) in [4.78, 5) is 14.2. The first-order valence-electron chi connectivity index (χ1n) is 7.28. The van der Waals surface area contributed by atoms with Crippen molar-refractivity contribution in [1.29, 1.82) is 0 Å². The molecule has 1 aliphatic heterocycles. The molecule has 1 amide bonds. The molecule has 0 saturated heterocycles. The second-order valence-electron chi connectivity index (χ2n) is 5.11. The molecular weight excluding hydrogens is 240 g/mol. The molecular formula is C15H24N2O2. The maximum absolute atomic E-state index is 12.3. The van der Waals surface area contributed by atoms with Gasteiger partial charge in [0.15, 0.2) is 0 Å². The first-order valence-corrected chi connectivity index (χ1v) is 7.28. The molecule has 0 unspecified atom stereocenters. The Kier molecular flexibility index (Phi) is 5.02. The SMILES string of the molecule is CCCCC(=O)N1Cc2cccn2C[C@@H](OCC)C1. The monoisotopic (exact) mass is 264 g/mol. The highest BCUT2D eigenvalue weighted by molar-refractivity contribution is 5.76. The first-order chi connectivity index (χ1) is 9.24. The van der Waals surface area contributed by atoms with Crippen molar-refractivity contribution in [2.45, 2.75) is 52.3 Å². The van der Waals surface area contributed by atoms with Crippen LogP contribution in [0.15, 0.2) is 18.3 Å². The molecule has 0 bridgehead atoms. The van der Waals surface area contributed by atoms with Crippen molar-refractivity contribution in [2.24, 2.45) is 0 Å². The molecule has 1 aromatic heterocycles. The summed E-state index contributed by atoms with van der Waals surface area (Å²) in [5, 5.41) is 0. The van der Waals surface area contributed by atoms with Crippen molar-refractivity contribution in [1.82, 2.24) is 9.47 Å². The molecule has 0 spiro atoms. The second kappa shape index (κ2) is 6.75. The van der Waals surface area contributed by atoms with Gasteiger partial charge in [-0.2, -0.15) is 0 Å². The Morgan fingerprint density at radius 1 is 1.42 bits per heavy atom. The van der Waals surface area contributed by atoms with Gasteiger partial charge >= 0.3 is 0 Å². The van der Waals surface area contributed by atoms with Crippen molar-refractivity contribution >= 4 is 5.91 Å². The van der Waals surface area contributed by atoms with E-state index in [1.54, 1.807) is 0 Å². The van der Waals surface area contributed by atoms with Crippen molar-refractivity contribution in [3.8, 4) is 0 Å². The van der Waals surface area contributed by atoms with Gasteiger partial charge in [0, 0.05) is 31.5 Å². The highest BCUT2D eigenvalue weighted by atomic mass is 16.5. The van der Waals surface area contributed by atoms with Crippen LogP contribution in [0.25, 0.3) is 0 Å². The highest BCUT2D eigenvalue weighted by Gasteiger charge is 2.24. The molecule has 106 valence electrons. The summed E-state index contributed by atoms with van der Waals surface area (Å²) in [6, 6.07) is 4.13. The summed E-state index contributed by atoms with van der Waals surface area (Å²) < 4.78 is 7.96. The zero-order chi connectivity index (χ0) is 13.7. The van der Waals surface area contributed by atoms with E-state index < -0.39 is 0 Å². The van der Waals surface area contributed by atoms with Crippen LogP contribution in [0, 0.1) is 0 Å². The Balaban J connectivity index is 2.08. The van der Waals surface area contributed by atoms with Crippen LogP contribution in [0.2, 0.25) is 0 Å². The quantitative estimate of drug-likeness (QED) is 0.818. The van der Waals surface area contributed by atoms with Gasteiger partial charge < -0.3 is 14.2 Å². The van der Waals surface area contributed by atoms with Crippen LogP contribution < -0.4 is 0 Å². The summed E-state index contributed by atoms with van der Waals surface area (Å²) in [6.07, 6.45) is 4.85. The summed E-state index contributed by atoms with van der Waals surface area (Å²) in [7, 11) is 0. The minimum Gasteiger partial charge on any atom is -0.375 e. The fraction of sp³-hybridized carbons (Fsp3) is 0.667. The largest absolute Gasteiger partial charge is 0.375 e. The zero-order valence-corrected chi connectivity index (χ0v) is 12.0. The van der Waals surface area contributed by atoms with Crippen LogP contribution in [-0.4, -0.2) is 34.6 Å². The van der Waals surface area contributed by atoms with Gasteiger partial charge in [-0.3, -0.25) is 4.79 Å². The molecule has 4 heteroatoms. The van der Waals surface area contributed by atoms with E-state index in [-0.39, 0.29) is 12.0 Å². The minimum atomic E-state index is 0.101. The van der Waals surface area contributed by atoms with Gasteiger partial charge in [-0.05, 0) is 25.5 Å². The van der Waals surface area contributed by atoms with Crippen molar-refractivity contribution < 1.29 is 9.53 Å². The van der Waals surface area contributed by atoms with Crippen LogP contribution >= 0.6 is 0 Å². The fourth-order valence-electron chi connectivity index (χ4n) is 2.57. The van der Waals surface area contributed by atoms with Crippen molar-refractivity contribution in [3.63, 3.8) is 0 Å². The first kappa shape index (κ1) is 14.1. The Labute approximate surface area is 115 Å². The van der Waals surface area contributed by atoms with Gasteiger partial charge in [0.2, 0.25) is 5.91 Å². The van der Waals surface area contributed by atoms with E-state index in [0.29, 0.717) is 26.1 Å². The maximum Gasteiger partial charge on any atom is 0.223 e. The predicted octanol–water partition coefficient (Wildman–Crippen LogP) is 2.43. The summed E-state index contributed by atoms with van der Waals surface area (Å²) in [5.41, 5.74) is 1.20. The molecule has 1 atom stereocenters. The number of fused-ring (bicyclic) bond motifs is 1. The van der Waals surface area contributed by atoms with E-state index in [2.05, 4.69) is 23.8 Å². The lowest BCUT2D eigenvalue weighted by molar-refractivity contribution is -0.133. The lowest BCUT2D eigenvalue weighted by Crippen LogP contribution is -2.37. The van der Waals surface area contributed by atoms with Crippen LogP contribution in [0.1, 0.15) is 38.8 Å². The molecule has 4 nitrogen and oxygen atoms in total. The number of hydrogen-bond acceptors (Lipinski definition) is 2. The molecule has 2 heterocycles. The average Bonchev–Trinajstić information content (AvgIpc) is 2.75. The number of aromatic nitrogens is 1. The average molecular weight is 264 g/mol. The number of hydrogen-bond donors (Lipinski definition) is 0. The molecule has 0 radical (unpaired) electrons. The molecule has 0 aromatic carbocycles. The third-order valence-electron chi connectivity index (χ3n) is 3.60. The van der Waals surface area contributed by atoms with Gasteiger partial charge in [0.1, 0.15) is 0 Å². The highest BCUT2D eigenvalue weighted by Crippen LogP contribution is 2.16. The maximum atomic E-state index is 12.3. The fourth-order valence-corrected chi connectivity index (χ4v) is 2.57. The van der Waals surface area contributed by atoms with E-state index >= 15 is 0 Å². The van der Waals surface area contributed by atoms with Crippen molar-refractivity contribution in [2.75, 3.05) is 13.2 Å². The van der Waals surface area contributed by atoms with Crippen molar-refractivity contribution in [3.05, 3.63) is 24.0 Å². The number of rotatable bonds is 5. The van der Waals surface area contributed by atoms with Crippen LogP contribution in [-0.2, 0) is 22.6 Å². The molecule has 19 heavy (non-hydrogen) atoms. The zero-order valence-electron chi connectivity index (χ0n) is 12.0. The third-order valence-corrected chi connectivity index (χ3v) is 3.60. The number of carbonyl (C=O) groups excluding carboxylic acids is 1. The summed E-state index contributed by atoms with van der Waals surface area (Å²) in [5.74, 6) is 0.251. The number of carbonyl (C=O) groups is 1. The summed E-state index contributed by atoms with van der Waals surface area (Å²) in [6.45, 7) is 7.07. The Morgan fingerprint density at radius 2 is 2.26 bits per heavy atom. The van der Waals surface area contributed by atoms with Crippen LogP contribution in [0.5, 0.6) is 0 Å². The molecule has 1 aliphatic rings. The molecule has 2 rings (SSSR count). The normalized spacial score (nSPS) is 19.1. The van der Waals surface area contributed by atoms with Gasteiger partial charge in [0.05, 0.1) is 19.2 Å². The molecule has 0 saturated carbocycles. The molecule has 0 N–H and O–H groups in total. The van der Waals surface area contributed by atoms with E-state index in [4.69, 9.17) is 4.74 Å². The van der Waals surface area contributed by atoms with Gasteiger partial charge in [-0.1, -0.05) is 13.3 Å². The lowest BCUT2D eigenvalue weighted by Gasteiger charge is -2.24. The predicted molar refractivity (Wildman–Crippen MR) is 74.8 cm³/mol. The Morgan fingerprint density at radius 3 is 3.00 bits per heavy atom. The topological polar surface area (TPSA) is 34.5 Å². The van der Waals surface area contributed by atoms with E-state index in [1.165, 1.54) is 5.69 Å². The van der Waals surface area contributed by atoms with Gasteiger partial charge in [-0.15, -0.1) is 0 Å². The number of unbranched alkanes of at least 4 members (excludes halogenated alkanes) is 1. The number of amides is 1. The Bertz CT molecular complexity index is 414. The van der Waals surface area contributed by atoms with E-state index in [1.807, 2.05) is 17.9 Å². The van der Waals surface area contributed by atoms with E-state index in [9.17, 15) is 4.79 Å². The lowest BCUT2D eigenvalue weighted by atomic mass is 10.2. The third kappa shape index (κ3) is 3.60. The van der Waals surface area contributed by atoms with Crippen LogP contribution in [0.4, 0.5) is 0 Å². The summed E-state index contributed by atoms with van der Waals surface area (Å²) >= 11 is 0. The smallest absolute Gasteiger partial charge is 0.223 e. The second-order valence-corrected chi connectivity index (χ2v) is 5.11. The van der Waals surface area contributed by atoms with Gasteiger partial charge in [-0.25, -0.2) is 0 Å². The van der Waals surface area contributed by atoms with Gasteiger partial charge in [0.25, 0.3) is 0 Å². The Hall–Kier alpha value is -1.29. The number of ether oxygens (including phenoxy) is 1. The van der Waals surface area contributed by atoms with E-state index in [0.717, 1.165) is 19.4 Å². The molecule has 0 aliphatic carbocycles. The van der Waals surface area contributed by atoms with Crippen LogP contribution in [0.3, 0.4) is 0 Å². The molecule has 0 fully saturated rings. The minimum absolute atomic E-state index is 0.101. The molecule has 1 aromatic rings. The standard InChI is InChI=1S/C15H24N2O2/c1-3-5-8-15(18)17-10-13-7-6-9-16(13)11-14(12-17)19-4-2/h6-7,9,14H,3-5,8,10-12H2,1-2H3/t14-/m1/s1. The number of nitrogens with zero attached hydrogens (tertiary/aromatic N) is 2.